The number of hydrogen-bond donors (Lipinski definition) is 1. The fourth-order valence-electron chi connectivity index (χ4n) is 2.29. The van der Waals surface area contributed by atoms with Crippen molar-refractivity contribution >= 4 is 11.9 Å². The number of hydrogen-bond acceptors (Lipinski definition) is 3. The van der Waals surface area contributed by atoms with Gasteiger partial charge in [0.1, 0.15) is 5.69 Å². The minimum atomic E-state index is -1.07. The Hall–Kier alpha value is -1.91. The quantitative estimate of drug-likeness (QED) is 0.861. The fraction of sp³-hybridized carbons (Fsp3) is 0.533. The van der Waals surface area contributed by atoms with E-state index in [4.69, 9.17) is 5.11 Å². The highest BCUT2D eigenvalue weighted by Crippen LogP contribution is 2.34. The predicted octanol–water partition coefficient (Wildman–Crippen LogP) is 2.04. The summed E-state index contributed by atoms with van der Waals surface area (Å²) in [4.78, 5) is 29.0. The molecule has 0 aliphatic heterocycles. The van der Waals surface area contributed by atoms with Gasteiger partial charge in [0.05, 0.1) is 5.56 Å². The second kappa shape index (κ2) is 5.23. The van der Waals surface area contributed by atoms with Gasteiger partial charge in [-0.05, 0) is 49.7 Å². The van der Waals surface area contributed by atoms with Crippen molar-refractivity contribution in [3.8, 4) is 0 Å². The van der Waals surface area contributed by atoms with Gasteiger partial charge in [-0.25, -0.2) is 9.78 Å². The number of carbonyl (C=O) groups excluding carboxylic acids is 1. The average Bonchev–Trinajstić information content (AvgIpc) is 3.32. The van der Waals surface area contributed by atoms with E-state index in [0.29, 0.717) is 17.4 Å². The van der Waals surface area contributed by atoms with Crippen molar-refractivity contribution < 1.29 is 14.7 Å². The molecule has 2 fully saturated rings. The summed E-state index contributed by atoms with van der Waals surface area (Å²) in [6.45, 7) is 1.66. The van der Waals surface area contributed by atoms with E-state index in [2.05, 4.69) is 4.98 Å². The molecule has 0 spiro atoms. The summed E-state index contributed by atoms with van der Waals surface area (Å²) >= 11 is 0. The number of carboxylic acids is 1. The zero-order chi connectivity index (χ0) is 14.1. The third-order valence-electron chi connectivity index (χ3n) is 3.87. The van der Waals surface area contributed by atoms with Crippen LogP contribution in [-0.4, -0.2) is 40.0 Å². The molecule has 2 aliphatic rings. The normalized spacial score (nSPS) is 17.8. The molecule has 0 saturated heterocycles. The highest BCUT2D eigenvalue weighted by Gasteiger charge is 2.31. The first-order chi connectivity index (χ1) is 9.63. The molecule has 1 amide bonds. The number of aromatic carboxylic acids is 1. The van der Waals surface area contributed by atoms with Crippen molar-refractivity contribution in [2.75, 3.05) is 13.1 Å². The summed E-state index contributed by atoms with van der Waals surface area (Å²) in [6.07, 6.45) is 6.23. The molecular formula is C15H18N2O3. The van der Waals surface area contributed by atoms with Gasteiger partial charge in [0.15, 0.2) is 0 Å². The van der Waals surface area contributed by atoms with Crippen molar-refractivity contribution in [1.82, 2.24) is 9.88 Å². The molecule has 0 aromatic carbocycles. The Morgan fingerprint density at radius 3 is 2.15 bits per heavy atom. The summed E-state index contributed by atoms with van der Waals surface area (Å²) in [5, 5.41) is 8.82. The molecule has 106 valence electrons. The Morgan fingerprint density at radius 2 is 1.75 bits per heavy atom. The van der Waals surface area contributed by atoms with Gasteiger partial charge in [0.2, 0.25) is 0 Å². The van der Waals surface area contributed by atoms with Crippen LogP contribution in [0, 0.1) is 11.8 Å². The highest BCUT2D eigenvalue weighted by molar-refractivity contribution is 5.95. The van der Waals surface area contributed by atoms with Gasteiger partial charge in [-0.2, -0.15) is 0 Å². The van der Waals surface area contributed by atoms with Crippen LogP contribution in [0.5, 0.6) is 0 Å². The first-order valence-corrected chi connectivity index (χ1v) is 7.12. The Kier molecular flexibility index (Phi) is 3.42. The SMILES string of the molecule is O=C(O)c1ccc(C(=O)N(CC2CC2)CC2CC2)cn1. The molecule has 2 saturated carbocycles. The molecule has 0 unspecified atom stereocenters. The second-order valence-corrected chi connectivity index (χ2v) is 5.83. The van der Waals surface area contributed by atoms with Crippen LogP contribution < -0.4 is 0 Å². The van der Waals surface area contributed by atoms with Crippen molar-refractivity contribution in [2.45, 2.75) is 25.7 Å². The topological polar surface area (TPSA) is 70.5 Å². The van der Waals surface area contributed by atoms with Crippen molar-refractivity contribution in [1.29, 1.82) is 0 Å². The summed E-state index contributed by atoms with van der Waals surface area (Å²) in [5.74, 6) is 0.220. The summed E-state index contributed by atoms with van der Waals surface area (Å²) in [7, 11) is 0. The maximum Gasteiger partial charge on any atom is 0.354 e. The van der Waals surface area contributed by atoms with Gasteiger partial charge in [-0.3, -0.25) is 4.79 Å². The minimum absolute atomic E-state index is 0.0201. The number of nitrogens with zero attached hydrogens (tertiary/aromatic N) is 2. The van der Waals surface area contributed by atoms with Crippen LogP contribution in [0.15, 0.2) is 18.3 Å². The molecule has 1 N–H and O–H groups in total. The van der Waals surface area contributed by atoms with Gasteiger partial charge in [0.25, 0.3) is 5.91 Å². The maximum atomic E-state index is 12.5. The van der Waals surface area contributed by atoms with Crippen LogP contribution in [0.2, 0.25) is 0 Å². The van der Waals surface area contributed by atoms with E-state index in [9.17, 15) is 9.59 Å². The first-order valence-electron chi connectivity index (χ1n) is 7.12. The molecule has 2 aliphatic carbocycles. The van der Waals surface area contributed by atoms with Gasteiger partial charge in [-0.1, -0.05) is 0 Å². The van der Waals surface area contributed by atoms with Crippen molar-refractivity contribution in [2.24, 2.45) is 11.8 Å². The zero-order valence-corrected chi connectivity index (χ0v) is 11.3. The van der Waals surface area contributed by atoms with E-state index in [1.165, 1.54) is 37.9 Å². The Balaban J connectivity index is 1.71. The molecule has 20 heavy (non-hydrogen) atoms. The predicted molar refractivity (Wildman–Crippen MR) is 72.5 cm³/mol. The Bertz CT molecular complexity index is 504. The molecule has 0 bridgehead atoms. The number of amides is 1. The maximum absolute atomic E-state index is 12.5. The van der Waals surface area contributed by atoms with Crippen LogP contribution in [0.4, 0.5) is 0 Å². The molecule has 1 aromatic rings. The second-order valence-electron chi connectivity index (χ2n) is 5.83. The molecule has 5 heteroatoms. The van der Waals surface area contributed by atoms with E-state index < -0.39 is 5.97 Å². The van der Waals surface area contributed by atoms with E-state index in [0.717, 1.165) is 13.1 Å². The van der Waals surface area contributed by atoms with Gasteiger partial charge in [0, 0.05) is 19.3 Å². The van der Waals surface area contributed by atoms with Gasteiger partial charge >= 0.3 is 5.97 Å². The van der Waals surface area contributed by atoms with Crippen LogP contribution in [0.3, 0.4) is 0 Å². The highest BCUT2D eigenvalue weighted by atomic mass is 16.4. The lowest BCUT2D eigenvalue weighted by molar-refractivity contribution is 0.0686. The standard InChI is InChI=1S/C15H18N2O3/c18-14(12-5-6-13(15(19)20)16-7-12)17(8-10-1-2-10)9-11-3-4-11/h5-7,10-11H,1-4,8-9H2,(H,19,20). The Labute approximate surface area is 117 Å². The van der Waals surface area contributed by atoms with Crippen molar-refractivity contribution in [3.63, 3.8) is 0 Å². The average molecular weight is 274 g/mol. The number of carbonyl (C=O) groups is 2. The van der Waals surface area contributed by atoms with Crippen molar-refractivity contribution in [3.05, 3.63) is 29.6 Å². The van der Waals surface area contributed by atoms with Crippen LogP contribution in [-0.2, 0) is 0 Å². The molecule has 0 atom stereocenters. The zero-order valence-electron chi connectivity index (χ0n) is 11.3. The molecule has 0 radical (unpaired) electrons. The lowest BCUT2D eigenvalue weighted by Crippen LogP contribution is -2.34. The first kappa shape index (κ1) is 13.1. The summed E-state index contributed by atoms with van der Waals surface area (Å²) in [5.41, 5.74) is 0.453. The van der Waals surface area contributed by atoms with Gasteiger partial charge in [-0.15, -0.1) is 0 Å². The largest absolute Gasteiger partial charge is 0.477 e. The summed E-state index contributed by atoms with van der Waals surface area (Å²) < 4.78 is 0. The molecule has 1 aromatic heterocycles. The number of rotatable bonds is 6. The lowest BCUT2D eigenvalue weighted by Gasteiger charge is -2.22. The third kappa shape index (κ3) is 3.15. The van der Waals surface area contributed by atoms with Crippen LogP contribution in [0.25, 0.3) is 0 Å². The molecule has 5 nitrogen and oxygen atoms in total. The molecular weight excluding hydrogens is 256 g/mol. The smallest absolute Gasteiger partial charge is 0.354 e. The number of aromatic nitrogens is 1. The fourth-order valence-corrected chi connectivity index (χ4v) is 2.29. The monoisotopic (exact) mass is 274 g/mol. The third-order valence-corrected chi connectivity index (χ3v) is 3.87. The van der Waals surface area contributed by atoms with Gasteiger partial charge < -0.3 is 10.0 Å². The molecule has 1 heterocycles. The van der Waals surface area contributed by atoms with Crippen LogP contribution >= 0.6 is 0 Å². The minimum Gasteiger partial charge on any atom is -0.477 e. The van der Waals surface area contributed by atoms with E-state index >= 15 is 0 Å². The Morgan fingerprint density at radius 1 is 1.15 bits per heavy atom. The number of pyridine rings is 1. The molecule has 3 rings (SSSR count). The summed E-state index contributed by atoms with van der Waals surface area (Å²) in [6, 6.07) is 2.95. The van der Waals surface area contributed by atoms with E-state index in [-0.39, 0.29) is 11.6 Å². The lowest BCUT2D eigenvalue weighted by atomic mass is 10.2. The number of carboxylic acid groups (broad SMARTS) is 1. The van der Waals surface area contributed by atoms with E-state index in [1.807, 2.05) is 4.90 Å². The van der Waals surface area contributed by atoms with E-state index in [1.54, 1.807) is 6.07 Å². The van der Waals surface area contributed by atoms with Crippen LogP contribution in [0.1, 0.15) is 46.5 Å².